The van der Waals surface area contributed by atoms with E-state index in [4.69, 9.17) is 11.6 Å². The minimum atomic E-state index is -3.60. The molecule has 0 spiro atoms. The van der Waals surface area contributed by atoms with Crippen LogP contribution in [0.3, 0.4) is 0 Å². The molecule has 11 heteroatoms. The molecule has 0 fully saturated rings. The van der Waals surface area contributed by atoms with Gasteiger partial charge in [0.25, 0.3) is 0 Å². The number of rotatable bonds is 9. The molecule has 0 aliphatic heterocycles. The number of anilines is 1. The molecule has 7 nitrogen and oxygen atoms in total. The monoisotopic (exact) mass is 434 g/mol. The summed E-state index contributed by atoms with van der Waals surface area (Å²) in [4.78, 5) is 12.2. The van der Waals surface area contributed by atoms with Crippen LogP contribution in [0.15, 0.2) is 28.6 Å². The first-order valence-electron chi connectivity index (χ1n) is 7.74. The van der Waals surface area contributed by atoms with Crippen LogP contribution in [0.2, 0.25) is 5.02 Å². The van der Waals surface area contributed by atoms with Gasteiger partial charge in [-0.15, -0.1) is 10.2 Å². The van der Waals surface area contributed by atoms with Crippen molar-refractivity contribution in [1.82, 2.24) is 14.5 Å². The first-order valence-corrected chi connectivity index (χ1v) is 11.8. The molecule has 1 N–H and O–H groups in total. The number of carbonyl (C=O) groups is 1. The average molecular weight is 435 g/mol. The number of nitrogens with zero attached hydrogens (tertiary/aromatic N) is 3. The van der Waals surface area contributed by atoms with Crippen LogP contribution in [-0.4, -0.2) is 47.4 Å². The third kappa shape index (κ3) is 6.51. The lowest BCUT2D eigenvalue weighted by molar-refractivity contribution is -0.116. The maximum Gasteiger partial charge on any atom is 0.241 e. The van der Waals surface area contributed by atoms with E-state index >= 15 is 0 Å². The molecule has 1 aromatic heterocycles. The van der Waals surface area contributed by atoms with Gasteiger partial charge in [0.1, 0.15) is 0 Å². The van der Waals surface area contributed by atoms with Gasteiger partial charge in [0.2, 0.25) is 21.1 Å². The second-order valence-corrected chi connectivity index (χ2v) is 10.1. The highest BCUT2D eigenvalue weighted by Gasteiger charge is 2.22. The average Bonchev–Trinajstić information content (AvgIpc) is 3.00. The second-order valence-electron chi connectivity index (χ2n) is 5.39. The van der Waals surface area contributed by atoms with Crippen LogP contribution >= 0.6 is 34.7 Å². The molecule has 0 radical (unpaired) electrons. The number of aromatic nitrogens is 2. The Morgan fingerprint density at radius 3 is 2.73 bits per heavy atom. The fourth-order valence-corrected chi connectivity index (χ4v) is 4.55. The predicted octanol–water partition coefficient (Wildman–Crippen LogP) is 3.09. The fraction of sp³-hybridized carbons (Fsp3) is 0.400. The number of benzene rings is 1. The molecule has 1 amide bonds. The van der Waals surface area contributed by atoms with E-state index in [0.29, 0.717) is 15.7 Å². The van der Waals surface area contributed by atoms with E-state index in [1.165, 1.54) is 11.3 Å². The van der Waals surface area contributed by atoms with Gasteiger partial charge in [-0.3, -0.25) is 10.1 Å². The van der Waals surface area contributed by atoms with Gasteiger partial charge in [0.15, 0.2) is 4.34 Å². The molecule has 26 heavy (non-hydrogen) atoms. The van der Waals surface area contributed by atoms with Crippen molar-refractivity contribution in [1.29, 1.82) is 0 Å². The zero-order chi connectivity index (χ0) is 19.2. The number of thioether (sulfide) groups is 1. The van der Waals surface area contributed by atoms with E-state index in [9.17, 15) is 13.2 Å². The summed E-state index contributed by atoms with van der Waals surface area (Å²) in [5, 5.41) is 11.3. The van der Waals surface area contributed by atoms with Crippen LogP contribution in [0.5, 0.6) is 0 Å². The Balaban J connectivity index is 2.03. The smallest absolute Gasteiger partial charge is 0.241 e. The fourth-order valence-electron chi connectivity index (χ4n) is 1.93. The number of hydrogen-bond donors (Lipinski definition) is 1. The summed E-state index contributed by atoms with van der Waals surface area (Å²) in [6.45, 7) is 1.75. The standard InChI is InChI=1S/C15H19ClN4O3S3/c1-3-8-24-15-19-18-14(25-15)17-13(21)10-20(26(2,22)23)9-11-6-4-5-7-12(11)16/h4-7H,3,8-10H2,1-2H3,(H,17,18,21). The van der Waals surface area contributed by atoms with E-state index in [0.717, 1.165) is 27.1 Å². The molecule has 0 aliphatic carbocycles. The minimum absolute atomic E-state index is 0.0135. The third-order valence-corrected chi connectivity index (χ3v) is 6.92. The van der Waals surface area contributed by atoms with E-state index in [1.54, 1.807) is 36.0 Å². The van der Waals surface area contributed by atoms with E-state index < -0.39 is 15.9 Å². The molecule has 0 aliphatic rings. The molecule has 0 saturated carbocycles. The predicted molar refractivity (Wildman–Crippen MR) is 106 cm³/mol. The van der Waals surface area contributed by atoms with Crippen LogP contribution < -0.4 is 5.32 Å². The summed E-state index contributed by atoms with van der Waals surface area (Å²) in [5.41, 5.74) is 0.626. The molecule has 142 valence electrons. The number of carbonyl (C=O) groups excluding carboxylic acids is 1. The van der Waals surface area contributed by atoms with Crippen molar-refractivity contribution in [2.75, 3.05) is 23.9 Å². The quantitative estimate of drug-likeness (QED) is 0.481. The van der Waals surface area contributed by atoms with Gasteiger partial charge in [-0.2, -0.15) is 4.31 Å². The van der Waals surface area contributed by atoms with Crippen molar-refractivity contribution in [3.63, 3.8) is 0 Å². The number of sulfonamides is 1. The summed E-state index contributed by atoms with van der Waals surface area (Å²) in [6, 6.07) is 6.92. The van der Waals surface area contributed by atoms with Crippen molar-refractivity contribution in [3.8, 4) is 0 Å². The van der Waals surface area contributed by atoms with Gasteiger partial charge in [-0.25, -0.2) is 8.42 Å². The second kappa shape index (κ2) is 9.65. The molecule has 0 unspecified atom stereocenters. The summed E-state index contributed by atoms with van der Waals surface area (Å²) in [5.74, 6) is 0.438. The summed E-state index contributed by atoms with van der Waals surface area (Å²) in [6.07, 6.45) is 2.07. The molecule has 0 bridgehead atoms. The van der Waals surface area contributed by atoms with Gasteiger partial charge in [-0.05, 0) is 18.1 Å². The Bertz CT molecular complexity index is 857. The maximum absolute atomic E-state index is 12.2. The van der Waals surface area contributed by atoms with Gasteiger partial charge in [0.05, 0.1) is 12.8 Å². The van der Waals surface area contributed by atoms with Gasteiger partial charge in [0, 0.05) is 17.3 Å². The van der Waals surface area contributed by atoms with E-state index in [2.05, 4.69) is 22.4 Å². The number of nitrogens with one attached hydrogen (secondary N) is 1. The van der Waals surface area contributed by atoms with Crippen LogP contribution in [0.4, 0.5) is 5.13 Å². The normalized spacial score (nSPS) is 11.7. The molecule has 0 saturated heterocycles. The van der Waals surface area contributed by atoms with Crippen molar-refractivity contribution in [2.45, 2.75) is 24.2 Å². The first kappa shape index (κ1) is 21.1. The maximum atomic E-state index is 12.2. The lowest BCUT2D eigenvalue weighted by Crippen LogP contribution is -2.37. The molecular weight excluding hydrogens is 416 g/mol. The van der Waals surface area contributed by atoms with E-state index in [-0.39, 0.29) is 13.1 Å². The highest BCUT2D eigenvalue weighted by Crippen LogP contribution is 2.26. The van der Waals surface area contributed by atoms with Crippen molar-refractivity contribution in [3.05, 3.63) is 34.9 Å². The lowest BCUT2D eigenvalue weighted by Gasteiger charge is -2.19. The van der Waals surface area contributed by atoms with Crippen LogP contribution in [0.25, 0.3) is 0 Å². The SMILES string of the molecule is CCCSc1nnc(NC(=O)CN(Cc2ccccc2Cl)S(C)(=O)=O)s1. The van der Waals surface area contributed by atoms with Crippen molar-refractivity contribution in [2.24, 2.45) is 0 Å². The molecule has 0 atom stereocenters. The Hall–Kier alpha value is -1.20. The Labute approximate surface area is 166 Å². The zero-order valence-electron chi connectivity index (χ0n) is 14.3. The number of amides is 1. The molecule has 1 aromatic carbocycles. The Morgan fingerprint density at radius 2 is 2.08 bits per heavy atom. The summed E-state index contributed by atoms with van der Waals surface area (Å²) < 4.78 is 25.9. The van der Waals surface area contributed by atoms with Crippen LogP contribution in [0.1, 0.15) is 18.9 Å². The van der Waals surface area contributed by atoms with Crippen molar-refractivity contribution < 1.29 is 13.2 Å². The van der Waals surface area contributed by atoms with E-state index in [1.807, 2.05) is 0 Å². The largest absolute Gasteiger partial charge is 0.299 e. The molecule has 2 rings (SSSR count). The van der Waals surface area contributed by atoms with Gasteiger partial charge < -0.3 is 0 Å². The Morgan fingerprint density at radius 1 is 1.35 bits per heavy atom. The summed E-state index contributed by atoms with van der Waals surface area (Å²) >= 11 is 8.91. The third-order valence-electron chi connectivity index (χ3n) is 3.18. The highest BCUT2D eigenvalue weighted by molar-refractivity contribution is 8.01. The van der Waals surface area contributed by atoms with Gasteiger partial charge >= 0.3 is 0 Å². The topological polar surface area (TPSA) is 92.3 Å². The number of halogens is 1. The van der Waals surface area contributed by atoms with Gasteiger partial charge in [-0.1, -0.05) is 59.8 Å². The summed E-state index contributed by atoms with van der Waals surface area (Å²) in [7, 11) is -3.60. The van der Waals surface area contributed by atoms with Crippen LogP contribution in [0, 0.1) is 0 Å². The number of hydrogen-bond acceptors (Lipinski definition) is 7. The highest BCUT2D eigenvalue weighted by atomic mass is 35.5. The first-order chi connectivity index (χ1) is 12.3. The minimum Gasteiger partial charge on any atom is -0.299 e. The molecular formula is C15H19ClN4O3S3. The zero-order valence-corrected chi connectivity index (χ0v) is 17.5. The Kier molecular flexibility index (Phi) is 7.84. The van der Waals surface area contributed by atoms with Crippen LogP contribution in [-0.2, 0) is 21.4 Å². The lowest BCUT2D eigenvalue weighted by atomic mass is 10.2. The van der Waals surface area contributed by atoms with Crippen molar-refractivity contribution >= 4 is 55.8 Å². The molecule has 2 aromatic rings. The molecule has 1 heterocycles.